The molecule has 0 radical (unpaired) electrons. The van der Waals surface area contributed by atoms with Gasteiger partial charge in [-0.15, -0.1) is 0 Å². The molecule has 0 aromatic carbocycles. The largest absolute Gasteiger partial charge is 0.444 e. The van der Waals surface area contributed by atoms with Gasteiger partial charge < -0.3 is 4.42 Å². The minimum absolute atomic E-state index is 0.383. The fourth-order valence-corrected chi connectivity index (χ4v) is 3.05. The zero-order valence-electron chi connectivity index (χ0n) is 15.1. The topological polar surface area (TPSA) is 58.3 Å². The predicted molar refractivity (Wildman–Crippen MR) is 92.5 cm³/mol. The molecule has 130 valence electrons. The van der Waals surface area contributed by atoms with E-state index >= 15 is 0 Å². The second-order valence-electron chi connectivity index (χ2n) is 7.05. The summed E-state index contributed by atoms with van der Waals surface area (Å²) in [7, 11) is 2.15. The van der Waals surface area contributed by atoms with Crippen molar-refractivity contribution >= 4 is 0 Å². The summed E-state index contributed by atoms with van der Waals surface area (Å²) in [6, 6.07) is 0.526. The minimum atomic E-state index is 0.383. The summed E-state index contributed by atoms with van der Waals surface area (Å²) < 4.78 is 5.82. The Bertz CT molecular complexity index is 652. The monoisotopic (exact) mass is 329 g/mol. The van der Waals surface area contributed by atoms with Crippen LogP contribution < -0.4 is 0 Å². The summed E-state index contributed by atoms with van der Waals surface area (Å²) in [6.07, 6.45) is 6.73. The number of aromatic nitrogens is 3. The number of rotatable bonds is 6. The molecule has 0 aliphatic carbocycles. The lowest BCUT2D eigenvalue weighted by Crippen LogP contribution is -2.34. The van der Waals surface area contributed by atoms with Crippen LogP contribution in [0.3, 0.4) is 0 Å². The van der Waals surface area contributed by atoms with Gasteiger partial charge in [-0.3, -0.25) is 19.8 Å². The van der Waals surface area contributed by atoms with Crippen LogP contribution >= 0.6 is 0 Å². The van der Waals surface area contributed by atoms with Gasteiger partial charge in [0.2, 0.25) is 5.89 Å². The molecular formula is C18H27N5O. The van der Waals surface area contributed by atoms with E-state index in [0.29, 0.717) is 12.0 Å². The molecule has 0 N–H and O–H groups in total. The number of aryl methyl sites for hydroxylation is 1. The van der Waals surface area contributed by atoms with Crippen LogP contribution in [-0.2, 0) is 13.1 Å². The molecule has 1 aliphatic rings. The van der Waals surface area contributed by atoms with E-state index in [1.165, 1.54) is 0 Å². The number of likely N-dealkylation sites (tertiary alicyclic amines) is 1. The van der Waals surface area contributed by atoms with Crippen molar-refractivity contribution in [2.75, 3.05) is 20.1 Å². The molecule has 6 nitrogen and oxygen atoms in total. The molecular weight excluding hydrogens is 302 g/mol. The Hall–Kier alpha value is -1.79. The fraction of sp³-hybridized carbons (Fsp3) is 0.611. The molecule has 3 heterocycles. The average Bonchev–Trinajstić information content (AvgIpc) is 3.19. The summed E-state index contributed by atoms with van der Waals surface area (Å²) in [4.78, 5) is 18.0. The molecule has 0 saturated carbocycles. The summed E-state index contributed by atoms with van der Waals surface area (Å²) in [5.74, 6) is 2.16. The van der Waals surface area contributed by atoms with Crippen LogP contribution in [0.1, 0.15) is 49.2 Å². The molecule has 1 aliphatic heterocycles. The van der Waals surface area contributed by atoms with Crippen LogP contribution in [-0.4, -0.2) is 50.9 Å². The molecule has 2 aromatic heterocycles. The molecule has 0 amide bonds. The summed E-state index contributed by atoms with van der Waals surface area (Å²) in [6.45, 7) is 9.97. The summed E-state index contributed by atoms with van der Waals surface area (Å²) in [5.41, 5.74) is 2.00. The van der Waals surface area contributed by atoms with Crippen molar-refractivity contribution in [1.82, 2.24) is 24.8 Å². The van der Waals surface area contributed by atoms with Crippen LogP contribution in [0.25, 0.3) is 0 Å². The molecule has 2 aromatic rings. The molecule has 1 saturated heterocycles. The van der Waals surface area contributed by atoms with E-state index in [2.05, 4.69) is 45.6 Å². The highest BCUT2D eigenvalue weighted by atomic mass is 16.4. The lowest BCUT2D eigenvalue weighted by molar-refractivity contribution is 0.203. The van der Waals surface area contributed by atoms with E-state index in [0.717, 1.165) is 55.6 Å². The zero-order chi connectivity index (χ0) is 17.1. The van der Waals surface area contributed by atoms with Gasteiger partial charge in [0.15, 0.2) is 0 Å². The first-order valence-corrected chi connectivity index (χ1v) is 8.66. The van der Waals surface area contributed by atoms with E-state index in [1.54, 1.807) is 0 Å². The normalized spacial score (nSPS) is 18.8. The SMILES string of the molecule is Cc1cnc(CN2CC[C@@H](N(C)Cc3ncc(C(C)C)o3)C2)cn1. The van der Waals surface area contributed by atoms with Gasteiger partial charge in [0.1, 0.15) is 5.76 Å². The highest BCUT2D eigenvalue weighted by Gasteiger charge is 2.26. The van der Waals surface area contributed by atoms with Crippen molar-refractivity contribution in [2.45, 2.75) is 52.2 Å². The smallest absolute Gasteiger partial charge is 0.208 e. The third kappa shape index (κ3) is 4.19. The highest BCUT2D eigenvalue weighted by Crippen LogP contribution is 2.20. The molecule has 1 fully saturated rings. The maximum Gasteiger partial charge on any atom is 0.208 e. The van der Waals surface area contributed by atoms with Crippen molar-refractivity contribution in [1.29, 1.82) is 0 Å². The maximum absolute atomic E-state index is 5.82. The molecule has 0 spiro atoms. The van der Waals surface area contributed by atoms with Crippen molar-refractivity contribution in [3.63, 3.8) is 0 Å². The lowest BCUT2D eigenvalue weighted by Gasteiger charge is -2.23. The van der Waals surface area contributed by atoms with E-state index < -0.39 is 0 Å². The first kappa shape index (κ1) is 17.0. The van der Waals surface area contributed by atoms with Crippen LogP contribution in [0.15, 0.2) is 23.0 Å². The fourth-order valence-electron chi connectivity index (χ4n) is 3.05. The van der Waals surface area contributed by atoms with Crippen LogP contribution in [0, 0.1) is 6.92 Å². The number of likely N-dealkylation sites (N-methyl/N-ethyl adjacent to an activating group) is 1. The van der Waals surface area contributed by atoms with Crippen LogP contribution in [0.4, 0.5) is 0 Å². The highest BCUT2D eigenvalue weighted by molar-refractivity contribution is 5.02. The van der Waals surface area contributed by atoms with Crippen molar-refractivity contribution in [3.05, 3.63) is 41.6 Å². The Morgan fingerprint density at radius 1 is 1.25 bits per heavy atom. The Morgan fingerprint density at radius 2 is 2.08 bits per heavy atom. The van der Waals surface area contributed by atoms with Gasteiger partial charge in [-0.2, -0.15) is 0 Å². The number of hydrogen-bond acceptors (Lipinski definition) is 6. The summed E-state index contributed by atoms with van der Waals surface area (Å²) in [5, 5.41) is 0. The van der Waals surface area contributed by atoms with Gasteiger partial charge in [0, 0.05) is 44.0 Å². The first-order valence-electron chi connectivity index (χ1n) is 8.66. The Kier molecular flexibility index (Phi) is 5.26. The van der Waals surface area contributed by atoms with Crippen molar-refractivity contribution < 1.29 is 4.42 Å². The van der Waals surface area contributed by atoms with Gasteiger partial charge in [0.25, 0.3) is 0 Å². The van der Waals surface area contributed by atoms with E-state index in [4.69, 9.17) is 4.42 Å². The maximum atomic E-state index is 5.82. The molecule has 6 heteroatoms. The minimum Gasteiger partial charge on any atom is -0.444 e. The van der Waals surface area contributed by atoms with Crippen molar-refractivity contribution in [2.24, 2.45) is 0 Å². The van der Waals surface area contributed by atoms with Crippen LogP contribution in [0.2, 0.25) is 0 Å². The van der Waals surface area contributed by atoms with Crippen molar-refractivity contribution in [3.8, 4) is 0 Å². The number of hydrogen-bond donors (Lipinski definition) is 0. The van der Waals surface area contributed by atoms with E-state index in [-0.39, 0.29) is 0 Å². The second-order valence-corrected chi connectivity index (χ2v) is 7.05. The third-order valence-electron chi connectivity index (χ3n) is 4.62. The van der Waals surface area contributed by atoms with Gasteiger partial charge in [-0.25, -0.2) is 4.98 Å². The third-order valence-corrected chi connectivity index (χ3v) is 4.62. The number of nitrogens with zero attached hydrogens (tertiary/aromatic N) is 5. The first-order chi connectivity index (χ1) is 11.5. The Balaban J connectivity index is 1.51. The van der Waals surface area contributed by atoms with Gasteiger partial charge in [0.05, 0.1) is 24.1 Å². The quantitative estimate of drug-likeness (QED) is 0.812. The average molecular weight is 329 g/mol. The molecule has 1 atom stereocenters. The van der Waals surface area contributed by atoms with Gasteiger partial charge in [-0.1, -0.05) is 13.8 Å². The molecule has 0 bridgehead atoms. The number of oxazole rings is 1. The molecule has 0 unspecified atom stereocenters. The van der Waals surface area contributed by atoms with E-state index in [9.17, 15) is 0 Å². The lowest BCUT2D eigenvalue weighted by atomic mass is 10.2. The van der Waals surface area contributed by atoms with E-state index in [1.807, 2.05) is 25.5 Å². The Labute approximate surface area is 143 Å². The summed E-state index contributed by atoms with van der Waals surface area (Å²) >= 11 is 0. The van der Waals surface area contributed by atoms with Crippen LogP contribution in [0.5, 0.6) is 0 Å². The Morgan fingerprint density at radius 3 is 2.75 bits per heavy atom. The zero-order valence-corrected chi connectivity index (χ0v) is 15.1. The molecule has 3 rings (SSSR count). The molecule has 24 heavy (non-hydrogen) atoms. The van der Waals surface area contributed by atoms with Gasteiger partial charge >= 0.3 is 0 Å². The predicted octanol–water partition coefficient (Wildman–Crippen LogP) is 2.60. The van der Waals surface area contributed by atoms with Gasteiger partial charge in [-0.05, 0) is 20.4 Å². The standard InChI is InChI=1S/C18H27N5O/c1-13(2)17-9-21-18(24-17)12-22(4)16-5-6-23(11-16)10-15-8-19-14(3)7-20-15/h7-9,13,16H,5-6,10-12H2,1-4H3/t16-/m1/s1. The second kappa shape index (κ2) is 7.40.